The van der Waals surface area contributed by atoms with Crippen molar-refractivity contribution in [2.45, 2.75) is 13.8 Å². The van der Waals surface area contributed by atoms with Crippen LogP contribution in [0.4, 0.5) is 0 Å². The number of aryl methyl sites for hydroxylation is 2. The third kappa shape index (κ3) is 6.91. The number of carbonyl (C=O) groups is 2. The molecule has 1 N–H and O–H groups in total. The molecule has 3 aromatic carbocycles. The van der Waals surface area contributed by atoms with Gasteiger partial charge in [-0.1, -0.05) is 37.9 Å². The smallest absolute Gasteiger partial charge is 0.343 e. The van der Waals surface area contributed by atoms with Crippen molar-refractivity contribution in [2.75, 3.05) is 13.7 Å². The number of hydrazone groups is 1. The van der Waals surface area contributed by atoms with Crippen LogP contribution in [-0.2, 0) is 4.79 Å². The molecule has 0 fully saturated rings. The number of methoxy groups -OCH3 is 1. The zero-order valence-electron chi connectivity index (χ0n) is 18.7. The predicted octanol–water partition coefficient (Wildman–Crippen LogP) is 5.59. The van der Waals surface area contributed by atoms with E-state index in [0.717, 1.165) is 20.1 Å². The lowest BCUT2D eigenvalue weighted by Crippen LogP contribution is -2.25. The van der Waals surface area contributed by atoms with Gasteiger partial charge in [0.05, 0.1) is 18.9 Å². The van der Waals surface area contributed by atoms with Gasteiger partial charge in [-0.3, -0.25) is 4.79 Å². The summed E-state index contributed by atoms with van der Waals surface area (Å²) in [6.45, 7) is 3.64. The van der Waals surface area contributed by atoms with Crippen LogP contribution < -0.4 is 19.6 Å². The summed E-state index contributed by atoms with van der Waals surface area (Å²) in [6.07, 6.45) is 1.43. The molecule has 34 heavy (non-hydrogen) atoms. The second-order valence-electron chi connectivity index (χ2n) is 7.26. The van der Waals surface area contributed by atoms with Crippen LogP contribution in [-0.4, -0.2) is 31.8 Å². The molecule has 0 atom stereocenters. The number of hydrogen-bond acceptors (Lipinski definition) is 6. The van der Waals surface area contributed by atoms with Crippen LogP contribution in [0.25, 0.3) is 0 Å². The standard InChI is InChI=1S/C25H22Br2N2O5/c1-15-9-20(27)10-16(2)24(15)33-14-23(30)29-28-13-17-7-8-21(32-3)22(11-17)34-25(31)18-5-4-6-19(26)12-18/h4-13H,14H2,1-3H3,(H,29,30)/b28-13-. The lowest BCUT2D eigenvalue weighted by Gasteiger charge is -2.12. The summed E-state index contributed by atoms with van der Waals surface area (Å²) in [7, 11) is 1.48. The summed E-state index contributed by atoms with van der Waals surface area (Å²) in [6, 6.07) is 15.7. The molecule has 0 aromatic heterocycles. The second kappa shape index (κ2) is 11.8. The number of rotatable bonds is 8. The van der Waals surface area contributed by atoms with Crippen molar-refractivity contribution in [3.63, 3.8) is 0 Å². The van der Waals surface area contributed by atoms with Crippen molar-refractivity contribution in [3.8, 4) is 17.2 Å². The Balaban J connectivity index is 1.62. The maximum atomic E-state index is 12.5. The van der Waals surface area contributed by atoms with Gasteiger partial charge in [0.25, 0.3) is 5.91 Å². The number of nitrogens with one attached hydrogen (secondary N) is 1. The normalized spacial score (nSPS) is 10.7. The van der Waals surface area contributed by atoms with E-state index in [-0.39, 0.29) is 12.4 Å². The van der Waals surface area contributed by atoms with E-state index in [2.05, 4.69) is 42.4 Å². The summed E-state index contributed by atoms with van der Waals surface area (Å²) in [5.41, 5.74) is 5.25. The molecular weight excluding hydrogens is 568 g/mol. The van der Waals surface area contributed by atoms with Crippen molar-refractivity contribution in [1.29, 1.82) is 0 Å². The molecule has 0 saturated heterocycles. The molecule has 0 radical (unpaired) electrons. The SMILES string of the molecule is COc1ccc(/C=N\NC(=O)COc2c(C)cc(Br)cc2C)cc1OC(=O)c1cccc(Br)c1. The zero-order valence-corrected chi connectivity index (χ0v) is 21.9. The zero-order chi connectivity index (χ0) is 24.7. The van der Waals surface area contributed by atoms with E-state index in [9.17, 15) is 9.59 Å². The number of benzene rings is 3. The van der Waals surface area contributed by atoms with Gasteiger partial charge in [-0.05, 0) is 79.1 Å². The summed E-state index contributed by atoms with van der Waals surface area (Å²) < 4.78 is 18.2. The van der Waals surface area contributed by atoms with Gasteiger partial charge in [-0.2, -0.15) is 5.10 Å². The number of esters is 1. The maximum absolute atomic E-state index is 12.5. The topological polar surface area (TPSA) is 86.2 Å². The minimum Gasteiger partial charge on any atom is -0.493 e. The van der Waals surface area contributed by atoms with Crippen LogP contribution in [0, 0.1) is 13.8 Å². The highest BCUT2D eigenvalue weighted by Gasteiger charge is 2.13. The highest BCUT2D eigenvalue weighted by molar-refractivity contribution is 9.10. The molecule has 3 aromatic rings. The van der Waals surface area contributed by atoms with Gasteiger partial charge in [0.2, 0.25) is 0 Å². The van der Waals surface area contributed by atoms with E-state index < -0.39 is 11.9 Å². The van der Waals surface area contributed by atoms with Crippen LogP contribution in [0.15, 0.2) is 68.6 Å². The number of amides is 1. The Morgan fingerprint density at radius 1 is 0.971 bits per heavy atom. The van der Waals surface area contributed by atoms with E-state index in [4.69, 9.17) is 14.2 Å². The lowest BCUT2D eigenvalue weighted by atomic mass is 10.1. The van der Waals surface area contributed by atoms with Crippen molar-refractivity contribution < 1.29 is 23.8 Å². The van der Waals surface area contributed by atoms with Crippen LogP contribution in [0.5, 0.6) is 17.2 Å². The molecular formula is C25H22Br2N2O5. The predicted molar refractivity (Wildman–Crippen MR) is 137 cm³/mol. The molecule has 0 bridgehead atoms. The summed E-state index contributed by atoms with van der Waals surface area (Å²) in [5, 5.41) is 3.96. The molecule has 0 aliphatic heterocycles. The third-order valence-corrected chi connectivity index (χ3v) is 5.58. The third-order valence-electron chi connectivity index (χ3n) is 4.63. The Hall–Kier alpha value is -3.17. The molecule has 9 heteroatoms. The van der Waals surface area contributed by atoms with E-state index in [1.54, 1.807) is 36.4 Å². The van der Waals surface area contributed by atoms with Crippen molar-refractivity contribution in [3.05, 3.63) is 85.8 Å². The number of ether oxygens (including phenoxy) is 3. The van der Waals surface area contributed by atoms with Crippen LogP contribution in [0.2, 0.25) is 0 Å². The van der Waals surface area contributed by atoms with Gasteiger partial charge in [0, 0.05) is 8.95 Å². The molecule has 0 unspecified atom stereocenters. The highest BCUT2D eigenvalue weighted by atomic mass is 79.9. The van der Waals surface area contributed by atoms with Gasteiger partial charge in [-0.25, -0.2) is 10.2 Å². The van der Waals surface area contributed by atoms with Crippen molar-refractivity contribution in [2.24, 2.45) is 5.10 Å². The average Bonchev–Trinajstić information content (AvgIpc) is 2.78. The maximum Gasteiger partial charge on any atom is 0.343 e. The van der Waals surface area contributed by atoms with Gasteiger partial charge < -0.3 is 14.2 Å². The molecule has 0 aliphatic carbocycles. The number of halogens is 2. The fourth-order valence-electron chi connectivity index (χ4n) is 3.10. The Labute approximate surface area is 214 Å². The first kappa shape index (κ1) is 25.5. The first-order valence-electron chi connectivity index (χ1n) is 10.1. The van der Waals surface area contributed by atoms with Gasteiger partial charge in [-0.15, -0.1) is 0 Å². The number of hydrogen-bond donors (Lipinski definition) is 1. The van der Waals surface area contributed by atoms with Gasteiger partial charge in [0.15, 0.2) is 18.1 Å². The van der Waals surface area contributed by atoms with E-state index in [0.29, 0.717) is 22.6 Å². The Morgan fingerprint density at radius 3 is 2.38 bits per heavy atom. The Morgan fingerprint density at radius 2 is 1.71 bits per heavy atom. The molecule has 176 valence electrons. The first-order valence-corrected chi connectivity index (χ1v) is 11.7. The molecule has 7 nitrogen and oxygen atoms in total. The van der Waals surface area contributed by atoms with Gasteiger partial charge >= 0.3 is 5.97 Å². The Bertz CT molecular complexity index is 1220. The van der Waals surface area contributed by atoms with Crippen molar-refractivity contribution >= 4 is 50.0 Å². The van der Waals surface area contributed by atoms with Crippen LogP contribution in [0.3, 0.4) is 0 Å². The summed E-state index contributed by atoms with van der Waals surface area (Å²) in [4.78, 5) is 24.6. The highest BCUT2D eigenvalue weighted by Crippen LogP contribution is 2.29. The fourth-order valence-corrected chi connectivity index (χ4v) is 4.19. The lowest BCUT2D eigenvalue weighted by molar-refractivity contribution is -0.123. The summed E-state index contributed by atoms with van der Waals surface area (Å²) >= 11 is 6.77. The van der Waals surface area contributed by atoms with Crippen molar-refractivity contribution in [1.82, 2.24) is 5.43 Å². The minimum absolute atomic E-state index is 0.182. The van der Waals surface area contributed by atoms with Gasteiger partial charge in [0.1, 0.15) is 5.75 Å². The van der Waals surface area contributed by atoms with Crippen LogP contribution >= 0.6 is 31.9 Å². The fraction of sp³-hybridized carbons (Fsp3) is 0.160. The first-order chi connectivity index (χ1) is 16.3. The minimum atomic E-state index is -0.530. The van der Waals surface area contributed by atoms with Crippen LogP contribution in [0.1, 0.15) is 27.0 Å². The number of nitrogens with zero attached hydrogens (tertiary/aromatic N) is 1. The molecule has 3 rings (SSSR count). The molecule has 0 saturated carbocycles. The summed E-state index contributed by atoms with van der Waals surface area (Å²) in [5.74, 6) is 0.338. The van der Waals surface area contributed by atoms with E-state index in [1.807, 2.05) is 32.0 Å². The molecule has 1 amide bonds. The molecule has 0 spiro atoms. The molecule has 0 heterocycles. The van der Waals surface area contributed by atoms with E-state index in [1.165, 1.54) is 13.3 Å². The molecule has 0 aliphatic rings. The second-order valence-corrected chi connectivity index (χ2v) is 9.09. The largest absolute Gasteiger partial charge is 0.493 e. The Kier molecular flexibility index (Phi) is 8.84. The number of carbonyl (C=O) groups excluding carboxylic acids is 2. The monoisotopic (exact) mass is 588 g/mol. The quantitative estimate of drug-likeness (QED) is 0.160. The average molecular weight is 590 g/mol. The van der Waals surface area contributed by atoms with E-state index >= 15 is 0 Å².